The summed E-state index contributed by atoms with van der Waals surface area (Å²) in [5, 5.41) is 9.51. The highest BCUT2D eigenvalue weighted by Gasteiger charge is 2.13. The molecule has 1 aromatic carbocycles. The molecule has 98 valence electrons. The van der Waals surface area contributed by atoms with Gasteiger partial charge < -0.3 is 5.11 Å². The molecular weight excluding hydrogens is 330 g/mol. The number of benzene rings is 1. The van der Waals surface area contributed by atoms with Crippen LogP contribution in [0.5, 0.6) is 0 Å². The lowest BCUT2D eigenvalue weighted by Gasteiger charge is -1.98. The Morgan fingerprint density at radius 2 is 1.95 bits per heavy atom. The van der Waals surface area contributed by atoms with Gasteiger partial charge in [-0.1, -0.05) is 24.3 Å². The number of hydrogen-bond donors (Lipinski definition) is 1. The molecule has 0 unspecified atom stereocenters. The van der Waals surface area contributed by atoms with Gasteiger partial charge in [-0.05, 0) is 22.9 Å². The lowest BCUT2D eigenvalue weighted by molar-refractivity contribution is -0.136. The van der Waals surface area contributed by atoms with Crippen LogP contribution in [0.25, 0.3) is 10.6 Å². The van der Waals surface area contributed by atoms with Crippen molar-refractivity contribution in [3.8, 4) is 10.6 Å². The maximum atomic E-state index is 11.2. The smallest absolute Gasteiger partial charge is 0.309 e. The summed E-state index contributed by atoms with van der Waals surface area (Å²) < 4.78 is 0.723. The number of thiazole rings is 1. The van der Waals surface area contributed by atoms with Crippen LogP contribution in [0.1, 0.15) is 23.0 Å². The Kier molecular flexibility index (Phi) is 4.11. The summed E-state index contributed by atoms with van der Waals surface area (Å²) in [5.41, 5.74) is 2.03. The molecule has 6 heteroatoms. The van der Waals surface area contributed by atoms with E-state index in [1.54, 1.807) is 12.1 Å². The van der Waals surface area contributed by atoms with Gasteiger partial charge in [-0.2, -0.15) is 0 Å². The minimum Gasteiger partial charge on any atom is -0.481 e. The number of carbonyl (C=O) groups is 2. The van der Waals surface area contributed by atoms with Gasteiger partial charge >= 0.3 is 5.97 Å². The van der Waals surface area contributed by atoms with Crippen LogP contribution < -0.4 is 0 Å². The molecule has 0 atom stereocenters. The second kappa shape index (κ2) is 5.63. The van der Waals surface area contributed by atoms with E-state index in [4.69, 9.17) is 5.11 Å². The zero-order valence-electron chi connectivity index (χ0n) is 10.0. The highest BCUT2D eigenvalue weighted by Crippen LogP contribution is 2.32. The second-order valence-electron chi connectivity index (χ2n) is 3.94. The van der Waals surface area contributed by atoms with Crippen LogP contribution in [0.3, 0.4) is 0 Å². The average Bonchev–Trinajstić information content (AvgIpc) is 2.70. The number of Topliss-reactive ketones (excluding diaryl/α,β-unsaturated/α-hetero) is 1. The summed E-state index contributed by atoms with van der Waals surface area (Å²) in [5.74, 6) is -0.900. The summed E-state index contributed by atoms with van der Waals surface area (Å²) in [4.78, 5) is 26.2. The lowest BCUT2D eigenvalue weighted by atomic mass is 10.1. The molecule has 0 saturated heterocycles. The molecule has 0 aliphatic heterocycles. The largest absolute Gasteiger partial charge is 0.481 e. The molecule has 1 heterocycles. The molecule has 0 saturated carbocycles. The van der Waals surface area contributed by atoms with Gasteiger partial charge in [0.1, 0.15) is 5.01 Å². The minimum atomic E-state index is -0.913. The van der Waals surface area contributed by atoms with Gasteiger partial charge in [0.15, 0.2) is 5.78 Å². The number of hydrogen-bond acceptors (Lipinski definition) is 4. The number of halogens is 1. The molecule has 0 radical (unpaired) electrons. The van der Waals surface area contributed by atoms with Crippen LogP contribution in [-0.2, 0) is 11.2 Å². The summed E-state index contributed by atoms with van der Waals surface area (Å²) in [6.07, 6.45) is -0.109. The first-order valence-electron chi connectivity index (χ1n) is 5.45. The molecule has 0 fully saturated rings. The number of rotatable bonds is 4. The van der Waals surface area contributed by atoms with Gasteiger partial charge in [0.25, 0.3) is 0 Å². The quantitative estimate of drug-likeness (QED) is 0.867. The maximum Gasteiger partial charge on any atom is 0.309 e. The number of aromatic nitrogens is 1. The fraction of sp³-hybridized carbons (Fsp3) is 0.154. The summed E-state index contributed by atoms with van der Waals surface area (Å²) in [6, 6.07) is 7.10. The zero-order chi connectivity index (χ0) is 14.0. The zero-order valence-corrected chi connectivity index (χ0v) is 12.4. The average molecular weight is 340 g/mol. The number of nitrogens with zero attached hydrogens (tertiary/aromatic N) is 1. The predicted molar refractivity (Wildman–Crippen MR) is 76.6 cm³/mol. The topological polar surface area (TPSA) is 67.3 Å². The van der Waals surface area contributed by atoms with E-state index in [1.807, 2.05) is 12.1 Å². The molecule has 0 amide bonds. The first-order valence-corrected chi connectivity index (χ1v) is 7.06. The van der Waals surface area contributed by atoms with Crippen molar-refractivity contribution < 1.29 is 14.7 Å². The summed E-state index contributed by atoms with van der Waals surface area (Å²) in [6.45, 7) is 1.51. The van der Waals surface area contributed by atoms with Gasteiger partial charge in [-0.3, -0.25) is 9.59 Å². The Morgan fingerprint density at radius 3 is 2.47 bits per heavy atom. The number of aliphatic carboxylic acids is 1. The van der Waals surface area contributed by atoms with Gasteiger partial charge in [0, 0.05) is 11.1 Å². The first-order chi connectivity index (χ1) is 8.97. The van der Waals surface area contributed by atoms with Crippen molar-refractivity contribution in [1.29, 1.82) is 0 Å². The molecule has 19 heavy (non-hydrogen) atoms. The van der Waals surface area contributed by atoms with Crippen LogP contribution in [0.15, 0.2) is 28.1 Å². The van der Waals surface area contributed by atoms with E-state index in [2.05, 4.69) is 20.9 Å². The van der Waals surface area contributed by atoms with Crippen LogP contribution in [-0.4, -0.2) is 21.8 Å². The predicted octanol–water partition coefficient (Wildman–Crippen LogP) is 3.40. The number of carboxylic acids is 1. The van der Waals surface area contributed by atoms with E-state index in [9.17, 15) is 9.59 Å². The standard InChI is InChI=1S/C13H10BrNO3S/c1-7(16)8-2-4-9(5-3-8)13-15-10(6-11(17)18)12(14)19-13/h2-5H,6H2,1H3,(H,17,18). The molecule has 4 nitrogen and oxygen atoms in total. The van der Waals surface area contributed by atoms with Crippen molar-refractivity contribution >= 4 is 39.0 Å². The summed E-state index contributed by atoms with van der Waals surface area (Å²) in [7, 11) is 0. The number of ketones is 1. The minimum absolute atomic E-state index is 0.0124. The molecule has 0 spiro atoms. The van der Waals surface area contributed by atoms with Crippen LogP contribution >= 0.6 is 27.3 Å². The molecule has 2 rings (SSSR count). The third kappa shape index (κ3) is 3.27. The van der Waals surface area contributed by atoms with Crippen molar-refractivity contribution in [1.82, 2.24) is 4.98 Å². The lowest BCUT2D eigenvalue weighted by Crippen LogP contribution is -2.00. The van der Waals surface area contributed by atoms with Crippen LogP contribution in [0, 0.1) is 0 Å². The van der Waals surface area contributed by atoms with Crippen molar-refractivity contribution in [2.75, 3.05) is 0 Å². The molecule has 1 N–H and O–H groups in total. The third-order valence-corrected chi connectivity index (χ3v) is 4.39. The van der Waals surface area contributed by atoms with E-state index in [0.717, 1.165) is 14.4 Å². The first kappa shape index (κ1) is 13.9. The van der Waals surface area contributed by atoms with Gasteiger partial charge in [0.2, 0.25) is 0 Å². The van der Waals surface area contributed by atoms with Crippen LogP contribution in [0.4, 0.5) is 0 Å². The Morgan fingerprint density at radius 1 is 1.32 bits per heavy atom. The van der Waals surface area contributed by atoms with E-state index in [1.165, 1.54) is 18.3 Å². The number of carbonyl (C=O) groups excluding carboxylic acids is 1. The highest BCUT2D eigenvalue weighted by atomic mass is 79.9. The molecule has 1 aromatic heterocycles. The highest BCUT2D eigenvalue weighted by molar-refractivity contribution is 9.11. The Balaban J connectivity index is 2.31. The van der Waals surface area contributed by atoms with Gasteiger partial charge in [-0.15, -0.1) is 11.3 Å². The molecule has 0 bridgehead atoms. The Hall–Kier alpha value is -1.53. The van der Waals surface area contributed by atoms with E-state index < -0.39 is 5.97 Å². The maximum absolute atomic E-state index is 11.2. The van der Waals surface area contributed by atoms with E-state index in [0.29, 0.717) is 11.3 Å². The third-order valence-electron chi connectivity index (χ3n) is 2.51. The normalized spacial score (nSPS) is 10.4. The molecular formula is C13H10BrNO3S. The van der Waals surface area contributed by atoms with E-state index in [-0.39, 0.29) is 12.2 Å². The van der Waals surface area contributed by atoms with Crippen molar-refractivity contribution in [3.05, 3.63) is 39.3 Å². The van der Waals surface area contributed by atoms with Crippen molar-refractivity contribution in [2.45, 2.75) is 13.3 Å². The van der Waals surface area contributed by atoms with E-state index >= 15 is 0 Å². The Labute approximate surface area is 122 Å². The van der Waals surface area contributed by atoms with Gasteiger partial charge in [0.05, 0.1) is 15.9 Å². The monoisotopic (exact) mass is 339 g/mol. The van der Waals surface area contributed by atoms with Gasteiger partial charge in [-0.25, -0.2) is 4.98 Å². The SMILES string of the molecule is CC(=O)c1ccc(-c2nc(CC(=O)O)c(Br)s2)cc1. The summed E-state index contributed by atoms with van der Waals surface area (Å²) >= 11 is 4.70. The van der Waals surface area contributed by atoms with Crippen molar-refractivity contribution in [2.24, 2.45) is 0 Å². The fourth-order valence-electron chi connectivity index (χ4n) is 1.56. The second-order valence-corrected chi connectivity index (χ2v) is 6.26. The van der Waals surface area contributed by atoms with Crippen LogP contribution in [0.2, 0.25) is 0 Å². The fourth-order valence-corrected chi connectivity index (χ4v) is 3.06. The van der Waals surface area contributed by atoms with Crippen molar-refractivity contribution in [3.63, 3.8) is 0 Å². The molecule has 0 aliphatic carbocycles. The number of carboxylic acid groups (broad SMARTS) is 1. The molecule has 2 aromatic rings. The molecule has 0 aliphatic rings. The Bertz CT molecular complexity index is 634.